The molecule has 0 aliphatic rings. The van der Waals surface area contributed by atoms with Gasteiger partial charge in [-0.3, -0.25) is 4.79 Å². The Morgan fingerprint density at radius 3 is 2.81 bits per heavy atom. The van der Waals surface area contributed by atoms with Crippen molar-refractivity contribution in [2.75, 3.05) is 13.2 Å². The highest BCUT2D eigenvalue weighted by atomic mass is 32.2. The van der Waals surface area contributed by atoms with Gasteiger partial charge in [0.2, 0.25) is 0 Å². The average molecular weight is 313 g/mol. The molecule has 6 heteroatoms. The zero-order valence-corrected chi connectivity index (χ0v) is 14.5. The normalized spacial score (nSPS) is 15.5. The zero-order valence-electron chi connectivity index (χ0n) is 13.7. The van der Waals surface area contributed by atoms with Crippen LogP contribution >= 0.6 is 11.8 Å². The Bertz CT molecular complexity index is 450. The molecule has 0 aromatic carbocycles. The van der Waals surface area contributed by atoms with Gasteiger partial charge in [-0.05, 0) is 33.2 Å². The molecule has 0 radical (unpaired) electrons. The highest BCUT2D eigenvalue weighted by Crippen LogP contribution is 2.28. The summed E-state index contributed by atoms with van der Waals surface area (Å²) in [5.74, 6) is -0.175. The SMILES string of the molecule is CCCNC(C)(CC(C)Sc1nccn1C)C(=O)OCC. The summed E-state index contributed by atoms with van der Waals surface area (Å²) in [6.45, 7) is 9.17. The topological polar surface area (TPSA) is 56.2 Å². The lowest BCUT2D eigenvalue weighted by atomic mass is 9.96. The van der Waals surface area contributed by atoms with Crippen molar-refractivity contribution in [3.8, 4) is 0 Å². The first-order valence-electron chi connectivity index (χ1n) is 7.49. The second-order valence-electron chi connectivity index (χ2n) is 5.43. The minimum absolute atomic E-state index is 0.175. The van der Waals surface area contributed by atoms with Crippen LogP contribution in [0, 0.1) is 0 Å². The molecule has 0 aliphatic carbocycles. The molecule has 0 amide bonds. The molecule has 1 heterocycles. The van der Waals surface area contributed by atoms with Crippen LogP contribution in [-0.4, -0.2) is 39.5 Å². The lowest BCUT2D eigenvalue weighted by Crippen LogP contribution is -2.52. The second-order valence-corrected chi connectivity index (χ2v) is 6.84. The number of hydrogen-bond acceptors (Lipinski definition) is 5. The van der Waals surface area contributed by atoms with Gasteiger partial charge in [-0.15, -0.1) is 0 Å². The van der Waals surface area contributed by atoms with Crippen molar-refractivity contribution in [3.63, 3.8) is 0 Å². The fourth-order valence-electron chi connectivity index (χ4n) is 2.18. The molecule has 1 rings (SSSR count). The average Bonchev–Trinajstić information content (AvgIpc) is 2.82. The molecule has 0 saturated heterocycles. The van der Waals surface area contributed by atoms with E-state index in [9.17, 15) is 4.79 Å². The van der Waals surface area contributed by atoms with Crippen molar-refractivity contribution < 1.29 is 9.53 Å². The van der Waals surface area contributed by atoms with E-state index in [4.69, 9.17) is 4.74 Å². The van der Waals surface area contributed by atoms with Gasteiger partial charge >= 0.3 is 5.97 Å². The molecule has 0 bridgehead atoms. The fourth-order valence-corrected chi connectivity index (χ4v) is 3.31. The van der Waals surface area contributed by atoms with E-state index in [2.05, 4.69) is 24.1 Å². The van der Waals surface area contributed by atoms with Gasteiger partial charge in [0, 0.05) is 24.7 Å². The van der Waals surface area contributed by atoms with Crippen LogP contribution in [0.2, 0.25) is 0 Å². The van der Waals surface area contributed by atoms with Gasteiger partial charge in [0.25, 0.3) is 0 Å². The summed E-state index contributed by atoms with van der Waals surface area (Å²) in [6.07, 6.45) is 5.39. The van der Waals surface area contributed by atoms with Crippen molar-refractivity contribution in [1.29, 1.82) is 0 Å². The lowest BCUT2D eigenvalue weighted by molar-refractivity contribution is -0.150. The Morgan fingerprint density at radius 1 is 1.57 bits per heavy atom. The number of imidazole rings is 1. The summed E-state index contributed by atoms with van der Waals surface area (Å²) < 4.78 is 7.22. The molecule has 120 valence electrons. The largest absolute Gasteiger partial charge is 0.465 e. The third kappa shape index (κ3) is 5.36. The number of ether oxygens (including phenoxy) is 1. The predicted molar refractivity (Wildman–Crippen MR) is 86.5 cm³/mol. The van der Waals surface area contributed by atoms with Crippen molar-refractivity contribution in [2.24, 2.45) is 7.05 Å². The van der Waals surface area contributed by atoms with Crippen molar-refractivity contribution >= 4 is 17.7 Å². The Hall–Kier alpha value is -1.01. The summed E-state index contributed by atoms with van der Waals surface area (Å²) in [5, 5.41) is 4.56. The number of aromatic nitrogens is 2. The number of nitrogens with one attached hydrogen (secondary N) is 1. The van der Waals surface area contributed by atoms with Crippen molar-refractivity contribution in [2.45, 2.75) is 56.5 Å². The van der Waals surface area contributed by atoms with Crippen LogP contribution in [0.3, 0.4) is 0 Å². The number of rotatable bonds is 9. The maximum atomic E-state index is 12.3. The summed E-state index contributed by atoms with van der Waals surface area (Å²) in [6, 6.07) is 0. The summed E-state index contributed by atoms with van der Waals surface area (Å²) in [4.78, 5) is 16.6. The molecule has 2 atom stereocenters. The number of hydrogen-bond donors (Lipinski definition) is 1. The summed E-state index contributed by atoms with van der Waals surface area (Å²) in [7, 11) is 1.97. The van der Waals surface area contributed by atoms with Gasteiger partial charge in [-0.2, -0.15) is 0 Å². The predicted octanol–water partition coefficient (Wildman–Crippen LogP) is 2.61. The third-order valence-electron chi connectivity index (χ3n) is 3.27. The standard InChI is InChI=1S/C15H27N3O2S/c1-6-8-17-15(4,13(19)20-7-2)11-12(3)21-14-16-9-10-18(14)5/h9-10,12,17H,6-8,11H2,1-5H3. The molecule has 1 aromatic rings. The molecular weight excluding hydrogens is 286 g/mol. The van der Waals surface area contributed by atoms with E-state index < -0.39 is 5.54 Å². The molecule has 21 heavy (non-hydrogen) atoms. The number of thioether (sulfide) groups is 1. The molecule has 1 N–H and O–H groups in total. The number of carbonyl (C=O) groups excluding carboxylic acids is 1. The van der Waals surface area contributed by atoms with Crippen LogP contribution in [0.4, 0.5) is 0 Å². The van der Waals surface area contributed by atoms with E-state index in [1.165, 1.54) is 0 Å². The molecule has 1 aromatic heterocycles. The fraction of sp³-hybridized carbons (Fsp3) is 0.733. The van der Waals surface area contributed by atoms with Crippen LogP contribution in [-0.2, 0) is 16.6 Å². The van der Waals surface area contributed by atoms with Gasteiger partial charge in [0.1, 0.15) is 5.54 Å². The first kappa shape index (κ1) is 18.0. The Labute approximate surface area is 131 Å². The second kappa shape index (κ2) is 8.44. The van der Waals surface area contributed by atoms with Crippen LogP contribution in [0.1, 0.15) is 40.5 Å². The van der Waals surface area contributed by atoms with Crippen molar-refractivity contribution in [3.05, 3.63) is 12.4 Å². The highest BCUT2D eigenvalue weighted by Gasteiger charge is 2.36. The van der Waals surface area contributed by atoms with E-state index in [1.54, 1.807) is 18.0 Å². The molecule has 0 fully saturated rings. The number of carbonyl (C=O) groups is 1. The Morgan fingerprint density at radius 2 is 2.29 bits per heavy atom. The molecule has 2 unspecified atom stereocenters. The van der Waals surface area contributed by atoms with E-state index in [1.807, 2.05) is 31.7 Å². The maximum Gasteiger partial charge on any atom is 0.326 e. The minimum Gasteiger partial charge on any atom is -0.465 e. The van der Waals surface area contributed by atoms with E-state index in [0.29, 0.717) is 13.0 Å². The molecule has 5 nitrogen and oxygen atoms in total. The van der Waals surface area contributed by atoms with Gasteiger partial charge in [0.15, 0.2) is 5.16 Å². The maximum absolute atomic E-state index is 12.3. The Balaban J connectivity index is 2.70. The van der Waals surface area contributed by atoms with Crippen molar-refractivity contribution in [1.82, 2.24) is 14.9 Å². The van der Waals surface area contributed by atoms with E-state index in [0.717, 1.165) is 18.1 Å². The number of esters is 1. The monoisotopic (exact) mass is 313 g/mol. The molecular formula is C15H27N3O2S. The van der Waals surface area contributed by atoms with E-state index in [-0.39, 0.29) is 11.2 Å². The van der Waals surface area contributed by atoms with Gasteiger partial charge in [-0.25, -0.2) is 4.98 Å². The van der Waals surface area contributed by atoms with Crippen LogP contribution in [0.5, 0.6) is 0 Å². The van der Waals surface area contributed by atoms with Gasteiger partial charge in [-0.1, -0.05) is 25.6 Å². The zero-order chi connectivity index (χ0) is 15.9. The van der Waals surface area contributed by atoms with E-state index >= 15 is 0 Å². The lowest BCUT2D eigenvalue weighted by Gasteiger charge is -2.30. The summed E-state index contributed by atoms with van der Waals surface area (Å²) in [5.41, 5.74) is -0.649. The molecule has 0 saturated carbocycles. The van der Waals surface area contributed by atoms with Crippen LogP contribution < -0.4 is 5.32 Å². The summed E-state index contributed by atoms with van der Waals surface area (Å²) >= 11 is 1.68. The first-order chi connectivity index (χ1) is 9.92. The molecule has 0 spiro atoms. The number of nitrogens with zero attached hydrogens (tertiary/aromatic N) is 2. The van der Waals surface area contributed by atoms with Gasteiger partial charge < -0.3 is 14.6 Å². The highest BCUT2D eigenvalue weighted by molar-refractivity contribution is 7.99. The Kier molecular flexibility index (Phi) is 7.25. The van der Waals surface area contributed by atoms with Crippen LogP contribution in [0.25, 0.3) is 0 Å². The first-order valence-corrected chi connectivity index (χ1v) is 8.37. The smallest absolute Gasteiger partial charge is 0.326 e. The van der Waals surface area contributed by atoms with Crippen LogP contribution in [0.15, 0.2) is 17.6 Å². The third-order valence-corrected chi connectivity index (χ3v) is 4.44. The molecule has 0 aliphatic heterocycles. The minimum atomic E-state index is -0.649. The quantitative estimate of drug-likeness (QED) is 0.561. The van der Waals surface area contributed by atoms with Gasteiger partial charge in [0.05, 0.1) is 6.61 Å². The number of aryl methyl sites for hydroxylation is 1.